The van der Waals surface area contributed by atoms with E-state index >= 15 is 0 Å². The van der Waals surface area contributed by atoms with Crippen LogP contribution in [0.4, 0.5) is 5.82 Å². The highest BCUT2D eigenvalue weighted by Gasteiger charge is 2.22. The molecule has 0 radical (unpaired) electrons. The highest BCUT2D eigenvalue weighted by atomic mass is 15.2. The second-order valence-corrected chi connectivity index (χ2v) is 4.99. The third-order valence-corrected chi connectivity index (χ3v) is 3.47. The fourth-order valence-corrected chi connectivity index (χ4v) is 1.55. The first-order valence-corrected chi connectivity index (χ1v) is 6.41. The zero-order valence-corrected chi connectivity index (χ0v) is 11.7. The van der Waals surface area contributed by atoms with Gasteiger partial charge in [0, 0.05) is 19.1 Å². The normalized spacial score (nSPS) is 11.6. The molecule has 0 saturated carbocycles. The highest BCUT2D eigenvalue weighted by molar-refractivity contribution is 5.41. The average Bonchev–Trinajstić information content (AvgIpc) is 2.35. The molecule has 0 bridgehead atoms. The van der Waals surface area contributed by atoms with Crippen LogP contribution < -0.4 is 10.2 Å². The smallest absolute Gasteiger partial charge is 0.129 e. The molecule has 17 heavy (non-hydrogen) atoms. The van der Waals surface area contributed by atoms with Crippen LogP contribution in [0.15, 0.2) is 18.2 Å². The molecule has 1 aromatic heterocycles. The summed E-state index contributed by atoms with van der Waals surface area (Å²) in [6.45, 7) is 10.6. The van der Waals surface area contributed by atoms with Gasteiger partial charge in [0.25, 0.3) is 0 Å². The van der Waals surface area contributed by atoms with Crippen molar-refractivity contribution in [2.24, 2.45) is 0 Å². The minimum Gasteiger partial charge on any atom is -0.355 e. The zero-order chi connectivity index (χ0) is 12.9. The Labute approximate surface area is 105 Å². The van der Waals surface area contributed by atoms with E-state index in [1.807, 2.05) is 0 Å². The van der Waals surface area contributed by atoms with Gasteiger partial charge in [-0.1, -0.05) is 19.9 Å². The topological polar surface area (TPSA) is 28.2 Å². The molecule has 0 aliphatic carbocycles. The van der Waals surface area contributed by atoms with Crippen molar-refractivity contribution < 1.29 is 0 Å². The van der Waals surface area contributed by atoms with E-state index in [4.69, 9.17) is 0 Å². The lowest BCUT2D eigenvalue weighted by Crippen LogP contribution is -2.41. The van der Waals surface area contributed by atoms with E-state index in [-0.39, 0.29) is 5.54 Å². The summed E-state index contributed by atoms with van der Waals surface area (Å²) in [5.41, 5.74) is 1.24. The van der Waals surface area contributed by atoms with Crippen molar-refractivity contribution in [1.82, 2.24) is 10.3 Å². The summed E-state index contributed by atoms with van der Waals surface area (Å²) >= 11 is 0. The largest absolute Gasteiger partial charge is 0.355 e. The minimum atomic E-state index is 0.143. The van der Waals surface area contributed by atoms with Crippen molar-refractivity contribution >= 4 is 5.82 Å². The summed E-state index contributed by atoms with van der Waals surface area (Å²) < 4.78 is 0. The van der Waals surface area contributed by atoms with Crippen LogP contribution in [0.1, 0.15) is 39.8 Å². The standard InChI is InChI=1S/C14H25N3/c1-6-14(3,4)17(5)13-10-8-9-12(16-13)11-15-7-2/h8-10,15H,6-7,11H2,1-5H3. The van der Waals surface area contributed by atoms with Crippen molar-refractivity contribution in [2.45, 2.75) is 46.2 Å². The summed E-state index contributed by atoms with van der Waals surface area (Å²) in [5, 5.41) is 3.30. The van der Waals surface area contributed by atoms with Crippen molar-refractivity contribution in [3.63, 3.8) is 0 Å². The molecule has 0 atom stereocenters. The van der Waals surface area contributed by atoms with Gasteiger partial charge in [0.1, 0.15) is 5.82 Å². The third-order valence-electron chi connectivity index (χ3n) is 3.47. The molecule has 96 valence electrons. The predicted molar refractivity (Wildman–Crippen MR) is 74.4 cm³/mol. The van der Waals surface area contributed by atoms with Crippen LogP contribution in [0.2, 0.25) is 0 Å². The van der Waals surface area contributed by atoms with Gasteiger partial charge in [-0.2, -0.15) is 0 Å². The van der Waals surface area contributed by atoms with Crippen LogP contribution in [-0.4, -0.2) is 24.1 Å². The Morgan fingerprint density at radius 3 is 2.59 bits per heavy atom. The third kappa shape index (κ3) is 3.70. The predicted octanol–water partition coefficient (Wildman–Crippen LogP) is 2.82. The van der Waals surface area contributed by atoms with Crippen molar-refractivity contribution in [3.05, 3.63) is 23.9 Å². The van der Waals surface area contributed by atoms with E-state index in [9.17, 15) is 0 Å². The fraction of sp³-hybridized carbons (Fsp3) is 0.643. The monoisotopic (exact) mass is 235 g/mol. The fourth-order valence-electron chi connectivity index (χ4n) is 1.55. The number of aromatic nitrogens is 1. The van der Waals surface area contributed by atoms with Gasteiger partial charge in [-0.05, 0) is 38.9 Å². The molecule has 0 aliphatic heterocycles. The average molecular weight is 235 g/mol. The Hall–Kier alpha value is -1.09. The summed E-state index contributed by atoms with van der Waals surface area (Å²) in [4.78, 5) is 6.94. The first-order chi connectivity index (χ1) is 8.01. The maximum atomic E-state index is 4.69. The lowest BCUT2D eigenvalue weighted by Gasteiger charge is -2.36. The van der Waals surface area contributed by atoms with Crippen LogP contribution in [0.5, 0.6) is 0 Å². The van der Waals surface area contributed by atoms with E-state index in [1.165, 1.54) is 0 Å². The van der Waals surface area contributed by atoms with Crippen LogP contribution in [-0.2, 0) is 6.54 Å². The molecular weight excluding hydrogens is 210 g/mol. The molecular formula is C14H25N3. The Kier molecular flexibility index (Phi) is 4.94. The Bertz CT molecular complexity index is 347. The van der Waals surface area contributed by atoms with Gasteiger partial charge in [-0.3, -0.25) is 0 Å². The van der Waals surface area contributed by atoms with Crippen molar-refractivity contribution in [2.75, 3.05) is 18.5 Å². The maximum Gasteiger partial charge on any atom is 0.129 e. The number of hydrogen-bond acceptors (Lipinski definition) is 3. The summed E-state index contributed by atoms with van der Waals surface area (Å²) in [6, 6.07) is 6.23. The molecule has 0 saturated heterocycles. The van der Waals surface area contributed by atoms with Gasteiger partial charge in [-0.15, -0.1) is 0 Å². The van der Waals surface area contributed by atoms with Gasteiger partial charge in [-0.25, -0.2) is 4.98 Å². The second-order valence-electron chi connectivity index (χ2n) is 4.99. The van der Waals surface area contributed by atoms with E-state index in [2.05, 4.69) is 68.1 Å². The maximum absolute atomic E-state index is 4.69. The first-order valence-electron chi connectivity index (χ1n) is 6.41. The van der Waals surface area contributed by atoms with Crippen molar-refractivity contribution in [1.29, 1.82) is 0 Å². The zero-order valence-electron chi connectivity index (χ0n) is 11.7. The summed E-state index contributed by atoms with van der Waals surface area (Å²) in [7, 11) is 2.11. The van der Waals surface area contributed by atoms with E-state index in [0.717, 1.165) is 31.0 Å². The molecule has 1 aromatic rings. The quantitative estimate of drug-likeness (QED) is 0.822. The SMILES string of the molecule is CCNCc1cccc(N(C)C(C)(C)CC)n1. The molecule has 1 heterocycles. The molecule has 0 fully saturated rings. The summed E-state index contributed by atoms with van der Waals surface area (Å²) in [5.74, 6) is 1.05. The lowest BCUT2D eigenvalue weighted by atomic mass is 10.00. The Balaban J connectivity index is 2.84. The number of pyridine rings is 1. The van der Waals surface area contributed by atoms with Gasteiger partial charge >= 0.3 is 0 Å². The van der Waals surface area contributed by atoms with Gasteiger partial charge < -0.3 is 10.2 Å². The first kappa shape index (κ1) is 14.0. The highest BCUT2D eigenvalue weighted by Crippen LogP contribution is 2.22. The number of anilines is 1. The Morgan fingerprint density at radius 1 is 1.29 bits per heavy atom. The van der Waals surface area contributed by atoms with Crippen LogP contribution >= 0.6 is 0 Å². The number of rotatable bonds is 6. The molecule has 3 heteroatoms. The summed E-state index contributed by atoms with van der Waals surface area (Å²) in [6.07, 6.45) is 1.10. The molecule has 1 N–H and O–H groups in total. The van der Waals surface area contributed by atoms with E-state index in [1.54, 1.807) is 0 Å². The molecule has 0 aromatic carbocycles. The van der Waals surface area contributed by atoms with Crippen LogP contribution in [0.3, 0.4) is 0 Å². The lowest BCUT2D eigenvalue weighted by molar-refractivity contribution is 0.466. The molecule has 0 amide bonds. The van der Waals surface area contributed by atoms with Gasteiger partial charge in [0.05, 0.1) is 5.69 Å². The van der Waals surface area contributed by atoms with Crippen LogP contribution in [0, 0.1) is 0 Å². The molecule has 0 aliphatic rings. The molecule has 3 nitrogen and oxygen atoms in total. The Morgan fingerprint density at radius 2 is 2.00 bits per heavy atom. The van der Waals surface area contributed by atoms with E-state index in [0.29, 0.717) is 0 Å². The number of hydrogen-bond donors (Lipinski definition) is 1. The second kappa shape index (κ2) is 6.01. The minimum absolute atomic E-state index is 0.143. The molecule has 1 rings (SSSR count). The van der Waals surface area contributed by atoms with Crippen LogP contribution in [0.25, 0.3) is 0 Å². The van der Waals surface area contributed by atoms with Crippen molar-refractivity contribution in [3.8, 4) is 0 Å². The van der Waals surface area contributed by atoms with E-state index < -0.39 is 0 Å². The number of nitrogens with zero attached hydrogens (tertiary/aromatic N) is 2. The van der Waals surface area contributed by atoms with Gasteiger partial charge in [0.2, 0.25) is 0 Å². The number of nitrogens with one attached hydrogen (secondary N) is 1. The molecule has 0 spiro atoms. The molecule has 0 unspecified atom stereocenters. The van der Waals surface area contributed by atoms with Gasteiger partial charge in [0.15, 0.2) is 0 Å².